The number of fused-ring (bicyclic) bond motifs is 2. The van der Waals surface area contributed by atoms with Crippen LogP contribution in [0.25, 0.3) is 21.9 Å². The normalized spacial score (nSPS) is 13.4. The number of hydrogen-bond donors (Lipinski definition) is 0. The maximum Gasteiger partial charge on any atom is 0.158 e. The quantitative estimate of drug-likeness (QED) is 0.355. The number of nitrogens with zero attached hydrogens (tertiary/aromatic N) is 5. The molecule has 0 aliphatic heterocycles. The van der Waals surface area contributed by atoms with Crippen molar-refractivity contribution in [3.63, 3.8) is 0 Å². The monoisotopic (exact) mass is 421 g/mol. The standard InChI is InChI=1S/C25H32FN5/c1-14(2)22-19-9-8-10-21(26)24(19)31(29-22)17(7)13-18-11-12-20-23(15(3)4)28-30(16(5)6)25(20)27-18/h8-12,14-17H,13H2,1-7H3. The molecule has 0 aliphatic rings. The minimum atomic E-state index is -0.230. The Morgan fingerprint density at radius 1 is 0.806 bits per heavy atom. The molecule has 4 aromatic rings. The molecule has 5 nitrogen and oxygen atoms in total. The van der Waals surface area contributed by atoms with Gasteiger partial charge in [0, 0.05) is 28.9 Å². The van der Waals surface area contributed by atoms with Crippen LogP contribution in [-0.4, -0.2) is 24.5 Å². The van der Waals surface area contributed by atoms with Crippen LogP contribution >= 0.6 is 0 Å². The summed E-state index contributed by atoms with van der Waals surface area (Å²) in [7, 11) is 0. The van der Waals surface area contributed by atoms with E-state index >= 15 is 0 Å². The maximum absolute atomic E-state index is 14.8. The summed E-state index contributed by atoms with van der Waals surface area (Å²) in [6, 6.07) is 9.63. The van der Waals surface area contributed by atoms with Crippen LogP contribution in [-0.2, 0) is 6.42 Å². The molecule has 3 aromatic heterocycles. The molecule has 3 heterocycles. The van der Waals surface area contributed by atoms with Gasteiger partial charge in [-0.1, -0.05) is 39.8 Å². The van der Waals surface area contributed by atoms with Gasteiger partial charge in [-0.2, -0.15) is 10.2 Å². The molecule has 0 saturated heterocycles. The van der Waals surface area contributed by atoms with Crippen LogP contribution in [0.2, 0.25) is 0 Å². The highest BCUT2D eigenvalue weighted by Gasteiger charge is 2.21. The van der Waals surface area contributed by atoms with E-state index in [1.54, 1.807) is 6.07 Å². The van der Waals surface area contributed by atoms with Crippen molar-refractivity contribution in [3.05, 3.63) is 53.2 Å². The van der Waals surface area contributed by atoms with Crippen LogP contribution in [0.1, 0.15) is 89.5 Å². The van der Waals surface area contributed by atoms with E-state index in [1.807, 2.05) is 15.4 Å². The number of hydrogen-bond acceptors (Lipinski definition) is 3. The van der Waals surface area contributed by atoms with Gasteiger partial charge in [0.15, 0.2) is 5.65 Å². The fourth-order valence-electron chi connectivity index (χ4n) is 4.29. The molecule has 1 unspecified atom stereocenters. The van der Waals surface area contributed by atoms with Crippen LogP contribution in [0.4, 0.5) is 4.39 Å². The average Bonchev–Trinajstić information content (AvgIpc) is 3.27. The molecule has 0 amide bonds. The number of benzene rings is 1. The van der Waals surface area contributed by atoms with Crippen molar-refractivity contribution in [1.29, 1.82) is 0 Å². The van der Waals surface area contributed by atoms with Crippen LogP contribution in [0.3, 0.4) is 0 Å². The molecule has 6 heteroatoms. The summed E-state index contributed by atoms with van der Waals surface area (Å²) in [4.78, 5) is 4.97. The molecular weight excluding hydrogens is 389 g/mol. The summed E-state index contributed by atoms with van der Waals surface area (Å²) in [5.74, 6) is 0.329. The Morgan fingerprint density at radius 2 is 1.45 bits per heavy atom. The fourth-order valence-corrected chi connectivity index (χ4v) is 4.29. The first-order valence-electron chi connectivity index (χ1n) is 11.2. The van der Waals surface area contributed by atoms with Crippen molar-refractivity contribution >= 4 is 21.9 Å². The number of rotatable bonds is 6. The van der Waals surface area contributed by atoms with Gasteiger partial charge in [0.1, 0.15) is 11.3 Å². The number of para-hydroxylation sites is 1. The highest BCUT2D eigenvalue weighted by molar-refractivity contribution is 5.83. The van der Waals surface area contributed by atoms with Gasteiger partial charge in [0.25, 0.3) is 0 Å². The Kier molecular flexibility index (Phi) is 5.58. The van der Waals surface area contributed by atoms with E-state index in [-0.39, 0.29) is 23.8 Å². The first kappa shape index (κ1) is 21.5. The van der Waals surface area contributed by atoms with Gasteiger partial charge in [-0.3, -0.25) is 4.68 Å². The summed E-state index contributed by atoms with van der Waals surface area (Å²) >= 11 is 0. The summed E-state index contributed by atoms with van der Waals surface area (Å²) < 4.78 is 18.6. The van der Waals surface area contributed by atoms with E-state index in [2.05, 4.69) is 60.6 Å². The molecular formula is C25H32FN5. The lowest BCUT2D eigenvalue weighted by atomic mass is 10.1. The smallest absolute Gasteiger partial charge is 0.158 e. The predicted molar refractivity (Wildman–Crippen MR) is 124 cm³/mol. The third-order valence-corrected chi connectivity index (χ3v) is 5.85. The molecule has 0 aliphatic carbocycles. The summed E-state index contributed by atoms with van der Waals surface area (Å²) in [6.45, 7) is 14.8. The highest BCUT2D eigenvalue weighted by atomic mass is 19.1. The Morgan fingerprint density at radius 3 is 2.10 bits per heavy atom. The Balaban J connectivity index is 1.76. The molecule has 31 heavy (non-hydrogen) atoms. The van der Waals surface area contributed by atoms with Gasteiger partial charge in [-0.15, -0.1) is 0 Å². The molecule has 0 N–H and O–H groups in total. The second kappa shape index (κ2) is 8.06. The van der Waals surface area contributed by atoms with E-state index in [4.69, 9.17) is 15.2 Å². The number of halogens is 1. The van der Waals surface area contributed by atoms with Crippen LogP contribution in [0, 0.1) is 5.82 Å². The Labute approximate surface area is 183 Å². The molecule has 0 bridgehead atoms. The largest absolute Gasteiger partial charge is 0.258 e. The zero-order valence-electron chi connectivity index (χ0n) is 19.5. The lowest BCUT2D eigenvalue weighted by Crippen LogP contribution is -2.12. The lowest BCUT2D eigenvalue weighted by Gasteiger charge is -2.14. The molecule has 0 spiro atoms. The fraction of sp³-hybridized carbons (Fsp3) is 0.480. The second-order valence-corrected chi connectivity index (χ2v) is 9.43. The molecule has 0 radical (unpaired) electrons. The number of pyridine rings is 1. The predicted octanol–water partition coefficient (Wildman–Crippen LogP) is 6.55. The van der Waals surface area contributed by atoms with E-state index < -0.39 is 0 Å². The molecule has 1 atom stereocenters. The zero-order valence-corrected chi connectivity index (χ0v) is 19.5. The van der Waals surface area contributed by atoms with Crippen molar-refractivity contribution in [1.82, 2.24) is 24.5 Å². The first-order valence-corrected chi connectivity index (χ1v) is 11.2. The van der Waals surface area contributed by atoms with Gasteiger partial charge >= 0.3 is 0 Å². The Bertz CT molecular complexity index is 1230. The van der Waals surface area contributed by atoms with Gasteiger partial charge < -0.3 is 0 Å². The third-order valence-electron chi connectivity index (χ3n) is 5.85. The third kappa shape index (κ3) is 3.73. The minimum absolute atomic E-state index is 0.0307. The first-order chi connectivity index (χ1) is 14.7. The van der Waals surface area contributed by atoms with Gasteiger partial charge in [-0.05, 0) is 50.8 Å². The molecule has 0 saturated carbocycles. The van der Waals surface area contributed by atoms with Crippen molar-refractivity contribution in [2.24, 2.45) is 0 Å². The minimum Gasteiger partial charge on any atom is -0.258 e. The van der Waals surface area contributed by atoms with E-state index in [0.29, 0.717) is 17.9 Å². The Hall–Kier alpha value is -2.76. The molecule has 4 rings (SSSR count). The van der Waals surface area contributed by atoms with Gasteiger partial charge in [-0.25, -0.2) is 14.1 Å². The van der Waals surface area contributed by atoms with Crippen LogP contribution < -0.4 is 0 Å². The topological polar surface area (TPSA) is 48.5 Å². The highest BCUT2D eigenvalue weighted by Crippen LogP contribution is 2.31. The van der Waals surface area contributed by atoms with Gasteiger partial charge in [0.05, 0.1) is 17.4 Å². The van der Waals surface area contributed by atoms with Crippen molar-refractivity contribution < 1.29 is 4.39 Å². The van der Waals surface area contributed by atoms with E-state index in [0.717, 1.165) is 33.5 Å². The van der Waals surface area contributed by atoms with Gasteiger partial charge in [0.2, 0.25) is 0 Å². The molecule has 0 fully saturated rings. The van der Waals surface area contributed by atoms with Crippen molar-refractivity contribution in [2.45, 2.75) is 78.8 Å². The van der Waals surface area contributed by atoms with Crippen molar-refractivity contribution in [2.75, 3.05) is 0 Å². The SMILES string of the molecule is CC(C)c1nn(C(C)C)c2nc(CC(C)n3nc(C(C)C)c4cccc(F)c43)ccc12. The molecule has 164 valence electrons. The summed E-state index contributed by atoms with van der Waals surface area (Å²) in [6.07, 6.45) is 0.666. The van der Waals surface area contributed by atoms with Crippen LogP contribution in [0.5, 0.6) is 0 Å². The van der Waals surface area contributed by atoms with E-state index in [1.165, 1.54) is 6.07 Å². The zero-order chi connectivity index (χ0) is 22.4. The van der Waals surface area contributed by atoms with Crippen LogP contribution in [0.15, 0.2) is 30.3 Å². The second-order valence-electron chi connectivity index (χ2n) is 9.43. The number of aromatic nitrogens is 5. The van der Waals surface area contributed by atoms with Crippen molar-refractivity contribution in [3.8, 4) is 0 Å². The summed E-state index contributed by atoms with van der Waals surface area (Å²) in [5, 5.41) is 11.6. The van der Waals surface area contributed by atoms with E-state index in [9.17, 15) is 4.39 Å². The average molecular weight is 422 g/mol. The molecule has 1 aromatic carbocycles. The lowest BCUT2D eigenvalue weighted by molar-refractivity contribution is 0.483. The maximum atomic E-state index is 14.8. The summed E-state index contributed by atoms with van der Waals surface area (Å²) in [5.41, 5.74) is 4.47.